The fourth-order valence-electron chi connectivity index (χ4n) is 2.21. The molecule has 0 saturated heterocycles. The lowest BCUT2D eigenvalue weighted by Gasteiger charge is -1.99. The molecule has 0 saturated carbocycles. The number of esters is 2. The van der Waals surface area contributed by atoms with Gasteiger partial charge in [-0.2, -0.15) is 4.98 Å². The highest BCUT2D eigenvalue weighted by Crippen LogP contribution is 2.15. The second-order valence-electron chi connectivity index (χ2n) is 5.43. The van der Waals surface area contributed by atoms with Crippen LogP contribution in [0.25, 0.3) is 17.5 Å². The molecule has 0 bridgehead atoms. The molecule has 0 aliphatic heterocycles. The van der Waals surface area contributed by atoms with Crippen molar-refractivity contribution in [3.05, 3.63) is 77.7 Å². The lowest BCUT2D eigenvalue weighted by Crippen LogP contribution is -2.01. The Morgan fingerprint density at radius 3 is 2.52 bits per heavy atom. The van der Waals surface area contributed by atoms with Crippen LogP contribution in [-0.2, 0) is 20.9 Å². The van der Waals surface area contributed by atoms with Crippen LogP contribution in [0.4, 0.5) is 0 Å². The van der Waals surface area contributed by atoms with Gasteiger partial charge in [0.05, 0.1) is 12.7 Å². The molecule has 2 aromatic carbocycles. The second kappa shape index (κ2) is 8.57. The van der Waals surface area contributed by atoms with E-state index in [1.807, 2.05) is 30.3 Å². The number of carbonyl (C=O) groups is 2. The third-order valence-electron chi connectivity index (χ3n) is 3.58. The van der Waals surface area contributed by atoms with Crippen LogP contribution in [0.5, 0.6) is 0 Å². The van der Waals surface area contributed by atoms with E-state index in [0.29, 0.717) is 11.4 Å². The van der Waals surface area contributed by atoms with Crippen molar-refractivity contribution in [3.63, 3.8) is 0 Å². The Morgan fingerprint density at radius 1 is 1.07 bits per heavy atom. The number of benzene rings is 2. The van der Waals surface area contributed by atoms with Crippen LogP contribution in [-0.4, -0.2) is 29.2 Å². The summed E-state index contributed by atoms with van der Waals surface area (Å²) in [7, 11) is 1.32. The Hall–Kier alpha value is -3.74. The third-order valence-corrected chi connectivity index (χ3v) is 3.58. The number of methoxy groups -OCH3 is 1. The highest BCUT2D eigenvalue weighted by Gasteiger charge is 2.10. The first kappa shape index (κ1) is 18.1. The van der Waals surface area contributed by atoms with Crippen LogP contribution in [0.1, 0.15) is 21.8 Å². The van der Waals surface area contributed by atoms with Crippen molar-refractivity contribution in [1.29, 1.82) is 0 Å². The summed E-state index contributed by atoms with van der Waals surface area (Å²) in [5, 5.41) is 3.85. The molecule has 0 N–H and O–H groups in total. The van der Waals surface area contributed by atoms with Gasteiger partial charge < -0.3 is 14.0 Å². The first-order chi connectivity index (χ1) is 13.2. The number of aromatic nitrogens is 2. The van der Waals surface area contributed by atoms with Crippen LogP contribution in [0, 0.1) is 0 Å². The Kier molecular flexibility index (Phi) is 5.73. The Balaban J connectivity index is 1.53. The van der Waals surface area contributed by atoms with Gasteiger partial charge in [0, 0.05) is 11.6 Å². The molecule has 0 amide bonds. The van der Waals surface area contributed by atoms with Gasteiger partial charge in [-0.3, -0.25) is 0 Å². The summed E-state index contributed by atoms with van der Waals surface area (Å²) in [5.41, 5.74) is 1.99. The number of nitrogens with zero attached hydrogens (tertiary/aromatic N) is 2. The van der Waals surface area contributed by atoms with Crippen molar-refractivity contribution < 1.29 is 23.6 Å². The van der Waals surface area contributed by atoms with Gasteiger partial charge in [-0.25, -0.2) is 9.59 Å². The second-order valence-corrected chi connectivity index (χ2v) is 5.43. The maximum atomic E-state index is 11.8. The van der Waals surface area contributed by atoms with Gasteiger partial charge in [-0.05, 0) is 23.8 Å². The highest BCUT2D eigenvalue weighted by molar-refractivity contribution is 5.90. The number of carbonyl (C=O) groups excluding carboxylic acids is 2. The maximum Gasteiger partial charge on any atom is 0.337 e. The van der Waals surface area contributed by atoms with Gasteiger partial charge in [0.25, 0.3) is 5.89 Å². The van der Waals surface area contributed by atoms with E-state index >= 15 is 0 Å². The number of ether oxygens (including phenoxy) is 2. The van der Waals surface area contributed by atoms with Crippen molar-refractivity contribution in [1.82, 2.24) is 10.1 Å². The van der Waals surface area contributed by atoms with Gasteiger partial charge in [0.2, 0.25) is 5.82 Å². The van der Waals surface area contributed by atoms with Gasteiger partial charge in [0.1, 0.15) is 0 Å². The zero-order chi connectivity index (χ0) is 19.1. The predicted octanol–water partition coefficient (Wildman–Crippen LogP) is 3.28. The monoisotopic (exact) mass is 364 g/mol. The number of rotatable bonds is 6. The van der Waals surface area contributed by atoms with Crippen molar-refractivity contribution in [2.75, 3.05) is 7.11 Å². The van der Waals surface area contributed by atoms with Crippen molar-refractivity contribution in [2.45, 2.75) is 6.61 Å². The van der Waals surface area contributed by atoms with E-state index in [2.05, 4.69) is 14.9 Å². The largest absolute Gasteiger partial charge is 0.465 e. The Morgan fingerprint density at radius 2 is 1.81 bits per heavy atom. The molecular weight excluding hydrogens is 348 g/mol. The summed E-state index contributed by atoms with van der Waals surface area (Å²) in [6.45, 7) is -0.121. The lowest BCUT2D eigenvalue weighted by atomic mass is 10.1. The fraction of sp³-hybridized carbons (Fsp3) is 0.100. The summed E-state index contributed by atoms with van der Waals surface area (Å²) >= 11 is 0. The van der Waals surface area contributed by atoms with Crippen molar-refractivity contribution >= 4 is 18.0 Å². The summed E-state index contributed by atoms with van der Waals surface area (Å²) in [6.07, 6.45) is 2.86. The highest BCUT2D eigenvalue weighted by atomic mass is 16.6. The molecule has 0 unspecified atom stereocenters. The molecule has 0 radical (unpaired) electrons. The average Bonchev–Trinajstić information content (AvgIpc) is 3.20. The molecule has 7 heteroatoms. The predicted molar refractivity (Wildman–Crippen MR) is 96.3 cm³/mol. The first-order valence-corrected chi connectivity index (χ1v) is 8.07. The smallest absolute Gasteiger partial charge is 0.337 e. The van der Waals surface area contributed by atoms with E-state index in [9.17, 15) is 9.59 Å². The normalized spacial score (nSPS) is 10.7. The van der Waals surface area contributed by atoms with Crippen LogP contribution in [0.2, 0.25) is 0 Å². The zero-order valence-corrected chi connectivity index (χ0v) is 14.5. The topological polar surface area (TPSA) is 91.5 Å². The molecule has 7 nitrogen and oxygen atoms in total. The van der Waals surface area contributed by atoms with Crippen LogP contribution < -0.4 is 0 Å². The minimum atomic E-state index is -0.550. The van der Waals surface area contributed by atoms with Crippen LogP contribution in [0.15, 0.2) is 65.2 Å². The van der Waals surface area contributed by atoms with Gasteiger partial charge >= 0.3 is 11.9 Å². The molecule has 27 heavy (non-hydrogen) atoms. The molecule has 3 rings (SSSR count). The fourth-order valence-corrected chi connectivity index (χ4v) is 2.21. The molecule has 0 aliphatic carbocycles. The molecule has 136 valence electrons. The summed E-state index contributed by atoms with van der Waals surface area (Å²) < 4.78 is 14.8. The SMILES string of the molecule is COC(=O)c1ccc(/C=C/C(=O)OCc2nc(-c3ccccc3)no2)cc1. The average molecular weight is 364 g/mol. The zero-order valence-electron chi connectivity index (χ0n) is 14.5. The quantitative estimate of drug-likeness (QED) is 0.489. The third kappa shape index (κ3) is 4.88. The number of hydrogen-bond donors (Lipinski definition) is 0. The summed E-state index contributed by atoms with van der Waals surface area (Å²) in [4.78, 5) is 27.4. The van der Waals surface area contributed by atoms with E-state index in [1.54, 1.807) is 30.3 Å². The minimum absolute atomic E-state index is 0.121. The Bertz CT molecular complexity index is 946. The van der Waals surface area contributed by atoms with Crippen LogP contribution in [0.3, 0.4) is 0 Å². The van der Waals surface area contributed by atoms with Crippen molar-refractivity contribution in [3.8, 4) is 11.4 Å². The molecule has 0 atom stereocenters. The molecule has 3 aromatic rings. The molecule has 1 aromatic heterocycles. The van der Waals surface area contributed by atoms with Gasteiger partial charge in [-0.15, -0.1) is 0 Å². The van der Waals surface area contributed by atoms with E-state index in [1.165, 1.54) is 13.2 Å². The van der Waals surface area contributed by atoms with Gasteiger partial charge in [0.15, 0.2) is 6.61 Å². The van der Waals surface area contributed by atoms with E-state index in [-0.39, 0.29) is 12.5 Å². The molecule has 0 fully saturated rings. The van der Waals surface area contributed by atoms with Crippen LogP contribution >= 0.6 is 0 Å². The van der Waals surface area contributed by atoms with Crippen molar-refractivity contribution in [2.24, 2.45) is 0 Å². The first-order valence-electron chi connectivity index (χ1n) is 8.07. The lowest BCUT2D eigenvalue weighted by molar-refractivity contribution is -0.139. The summed E-state index contributed by atoms with van der Waals surface area (Å²) in [6, 6.07) is 16.0. The molecule has 1 heterocycles. The standard InChI is InChI=1S/C20H16N2O5/c1-25-20(24)16-10-7-14(8-11-16)9-12-18(23)26-13-17-21-19(22-27-17)15-5-3-2-4-6-15/h2-12H,13H2,1H3/b12-9+. The molecular formula is C20H16N2O5. The minimum Gasteiger partial charge on any atom is -0.465 e. The number of hydrogen-bond acceptors (Lipinski definition) is 7. The van der Waals surface area contributed by atoms with E-state index in [4.69, 9.17) is 9.26 Å². The maximum absolute atomic E-state index is 11.8. The van der Waals surface area contributed by atoms with E-state index in [0.717, 1.165) is 11.1 Å². The Labute approximate surface area is 155 Å². The van der Waals surface area contributed by atoms with Gasteiger partial charge in [-0.1, -0.05) is 47.6 Å². The molecule has 0 spiro atoms. The molecule has 0 aliphatic rings. The van der Waals surface area contributed by atoms with E-state index < -0.39 is 11.9 Å². The summed E-state index contributed by atoms with van der Waals surface area (Å²) in [5.74, 6) is -0.327.